The van der Waals surface area contributed by atoms with Crippen molar-refractivity contribution in [2.45, 2.75) is 25.2 Å². The third-order valence-corrected chi connectivity index (χ3v) is 4.91. The molecule has 6 heteroatoms. The quantitative estimate of drug-likeness (QED) is 0.653. The van der Waals surface area contributed by atoms with Crippen molar-refractivity contribution >= 4 is 17.6 Å². The Hall–Kier alpha value is -3.41. The maximum Gasteiger partial charge on any atom is 0.316 e. The van der Waals surface area contributed by atoms with Gasteiger partial charge in [0, 0.05) is 17.3 Å². The van der Waals surface area contributed by atoms with Gasteiger partial charge < -0.3 is 14.6 Å². The lowest BCUT2D eigenvalue weighted by Gasteiger charge is -2.14. The van der Waals surface area contributed by atoms with Crippen molar-refractivity contribution in [3.63, 3.8) is 0 Å². The molecule has 1 fully saturated rings. The van der Waals surface area contributed by atoms with E-state index < -0.39 is 5.41 Å². The van der Waals surface area contributed by atoms with Gasteiger partial charge in [0.25, 0.3) is 5.91 Å². The molecule has 1 aliphatic rings. The van der Waals surface area contributed by atoms with E-state index in [1.54, 1.807) is 25.1 Å². The zero-order chi connectivity index (χ0) is 19.6. The maximum atomic E-state index is 12.4. The van der Waals surface area contributed by atoms with E-state index in [2.05, 4.69) is 10.5 Å². The summed E-state index contributed by atoms with van der Waals surface area (Å²) in [7, 11) is 0. The van der Waals surface area contributed by atoms with Crippen molar-refractivity contribution in [3.05, 3.63) is 71.9 Å². The highest BCUT2D eigenvalue weighted by Gasteiger charge is 2.52. The number of nitrogens with one attached hydrogen (secondary N) is 1. The Labute approximate surface area is 162 Å². The standard InChI is InChI=1S/C22H20N2O4/c1-2-27-21(26)22(12-13-22)16-8-10-17(11-9-16)23-20(25)18-14-19(28-24-18)15-6-4-3-5-7-15/h3-11,14H,2,12-13H2,1H3,(H,23,25). The van der Waals surface area contributed by atoms with Gasteiger partial charge in [0.15, 0.2) is 11.5 Å². The highest BCUT2D eigenvalue weighted by molar-refractivity contribution is 6.03. The molecule has 1 N–H and O–H groups in total. The Bertz CT molecular complexity index is 989. The Kier molecular flexibility index (Phi) is 4.69. The summed E-state index contributed by atoms with van der Waals surface area (Å²) in [6.45, 7) is 2.18. The second-order valence-corrected chi connectivity index (χ2v) is 6.78. The third-order valence-electron chi connectivity index (χ3n) is 4.91. The molecule has 1 saturated carbocycles. The van der Waals surface area contributed by atoms with Gasteiger partial charge in [0.2, 0.25) is 0 Å². The molecule has 1 heterocycles. The predicted octanol–water partition coefficient (Wildman–Crippen LogP) is 4.19. The first-order chi connectivity index (χ1) is 13.6. The van der Waals surface area contributed by atoms with Crippen molar-refractivity contribution in [1.29, 1.82) is 0 Å². The van der Waals surface area contributed by atoms with E-state index >= 15 is 0 Å². The van der Waals surface area contributed by atoms with E-state index in [4.69, 9.17) is 9.26 Å². The summed E-state index contributed by atoms with van der Waals surface area (Å²) in [5.41, 5.74) is 2.07. The molecule has 142 valence electrons. The summed E-state index contributed by atoms with van der Waals surface area (Å²) < 4.78 is 10.5. The summed E-state index contributed by atoms with van der Waals surface area (Å²) in [5.74, 6) is -0.000701. The van der Waals surface area contributed by atoms with E-state index in [0.29, 0.717) is 18.1 Å². The van der Waals surface area contributed by atoms with E-state index in [-0.39, 0.29) is 17.6 Å². The van der Waals surface area contributed by atoms with Gasteiger partial charge in [-0.05, 0) is 37.5 Å². The van der Waals surface area contributed by atoms with E-state index in [1.807, 2.05) is 42.5 Å². The fraction of sp³-hybridized carbons (Fsp3) is 0.227. The lowest BCUT2D eigenvalue weighted by molar-refractivity contribution is -0.146. The highest BCUT2D eigenvalue weighted by atomic mass is 16.5. The molecule has 0 bridgehead atoms. The average Bonchev–Trinajstić information content (AvgIpc) is 3.38. The first-order valence-corrected chi connectivity index (χ1v) is 9.23. The van der Waals surface area contributed by atoms with E-state index in [0.717, 1.165) is 24.0 Å². The smallest absolute Gasteiger partial charge is 0.316 e. The van der Waals surface area contributed by atoms with Crippen LogP contribution in [0.2, 0.25) is 0 Å². The molecule has 1 aliphatic carbocycles. The number of ether oxygens (including phenoxy) is 1. The molecule has 0 atom stereocenters. The molecule has 0 spiro atoms. The second-order valence-electron chi connectivity index (χ2n) is 6.78. The minimum Gasteiger partial charge on any atom is -0.465 e. The summed E-state index contributed by atoms with van der Waals surface area (Å²) in [5, 5.41) is 6.65. The number of hydrogen-bond acceptors (Lipinski definition) is 5. The highest BCUT2D eigenvalue weighted by Crippen LogP contribution is 2.49. The topological polar surface area (TPSA) is 81.4 Å². The zero-order valence-electron chi connectivity index (χ0n) is 15.5. The molecule has 6 nitrogen and oxygen atoms in total. The molecule has 1 aromatic heterocycles. The minimum absolute atomic E-state index is 0.178. The van der Waals surface area contributed by atoms with Gasteiger partial charge in [-0.15, -0.1) is 0 Å². The van der Waals surface area contributed by atoms with Crippen LogP contribution in [0.5, 0.6) is 0 Å². The van der Waals surface area contributed by atoms with Crippen LogP contribution in [0.25, 0.3) is 11.3 Å². The fourth-order valence-corrected chi connectivity index (χ4v) is 3.19. The number of amides is 1. The monoisotopic (exact) mass is 376 g/mol. The van der Waals surface area contributed by atoms with Gasteiger partial charge in [-0.3, -0.25) is 9.59 Å². The first kappa shape index (κ1) is 18.0. The number of carbonyl (C=O) groups excluding carboxylic acids is 2. The van der Waals surface area contributed by atoms with Gasteiger partial charge in [0.05, 0.1) is 12.0 Å². The molecule has 28 heavy (non-hydrogen) atoms. The van der Waals surface area contributed by atoms with Crippen LogP contribution in [0.3, 0.4) is 0 Å². The number of esters is 1. The summed E-state index contributed by atoms with van der Waals surface area (Å²) in [4.78, 5) is 24.6. The molecule has 0 saturated heterocycles. The van der Waals surface area contributed by atoms with E-state index in [1.165, 1.54) is 0 Å². The third kappa shape index (κ3) is 3.41. The minimum atomic E-state index is -0.519. The van der Waals surface area contributed by atoms with Gasteiger partial charge >= 0.3 is 5.97 Å². The Balaban J connectivity index is 1.44. The predicted molar refractivity (Wildman–Crippen MR) is 104 cm³/mol. The van der Waals surface area contributed by atoms with Crippen LogP contribution in [0.4, 0.5) is 5.69 Å². The molecule has 4 rings (SSSR count). The molecular formula is C22H20N2O4. The van der Waals surface area contributed by atoms with Gasteiger partial charge in [-0.2, -0.15) is 0 Å². The van der Waals surface area contributed by atoms with Crippen LogP contribution < -0.4 is 5.32 Å². The number of hydrogen-bond donors (Lipinski definition) is 1. The summed E-state index contributed by atoms with van der Waals surface area (Å²) in [6.07, 6.45) is 1.58. The molecule has 2 aromatic carbocycles. The Morgan fingerprint density at radius 3 is 2.46 bits per heavy atom. The Morgan fingerprint density at radius 1 is 1.11 bits per heavy atom. The van der Waals surface area contributed by atoms with Crippen LogP contribution >= 0.6 is 0 Å². The number of aromatic nitrogens is 1. The summed E-state index contributed by atoms with van der Waals surface area (Å²) >= 11 is 0. The lowest BCUT2D eigenvalue weighted by atomic mass is 9.96. The largest absolute Gasteiger partial charge is 0.465 e. The number of benzene rings is 2. The number of rotatable bonds is 6. The van der Waals surface area contributed by atoms with Gasteiger partial charge in [-0.1, -0.05) is 47.6 Å². The van der Waals surface area contributed by atoms with Crippen LogP contribution in [0.1, 0.15) is 35.8 Å². The fourth-order valence-electron chi connectivity index (χ4n) is 3.19. The maximum absolute atomic E-state index is 12.4. The number of carbonyl (C=O) groups is 2. The average molecular weight is 376 g/mol. The summed E-state index contributed by atoms with van der Waals surface area (Å²) in [6, 6.07) is 18.4. The molecule has 0 aliphatic heterocycles. The molecular weight excluding hydrogens is 356 g/mol. The lowest BCUT2D eigenvalue weighted by Crippen LogP contribution is -2.23. The molecule has 0 unspecified atom stereocenters. The van der Waals surface area contributed by atoms with Crippen molar-refractivity contribution in [2.24, 2.45) is 0 Å². The number of nitrogens with zero attached hydrogens (tertiary/aromatic N) is 1. The molecule has 3 aromatic rings. The van der Waals surface area contributed by atoms with Gasteiger partial charge in [0.1, 0.15) is 0 Å². The Morgan fingerprint density at radius 2 is 1.82 bits per heavy atom. The van der Waals surface area contributed by atoms with Gasteiger partial charge in [-0.25, -0.2) is 0 Å². The second kappa shape index (κ2) is 7.31. The van der Waals surface area contributed by atoms with Crippen molar-refractivity contribution in [2.75, 3.05) is 11.9 Å². The van der Waals surface area contributed by atoms with Crippen molar-refractivity contribution in [1.82, 2.24) is 5.16 Å². The molecule has 1 amide bonds. The number of anilines is 1. The molecule has 0 radical (unpaired) electrons. The van der Waals surface area contributed by atoms with Crippen LogP contribution in [-0.2, 0) is 14.9 Å². The van der Waals surface area contributed by atoms with Crippen molar-refractivity contribution in [3.8, 4) is 11.3 Å². The van der Waals surface area contributed by atoms with Crippen molar-refractivity contribution < 1.29 is 18.8 Å². The SMILES string of the molecule is CCOC(=O)C1(c2ccc(NC(=O)c3cc(-c4ccccc4)on3)cc2)CC1. The normalized spacial score (nSPS) is 14.3. The van der Waals surface area contributed by atoms with Crippen LogP contribution in [-0.4, -0.2) is 23.6 Å². The zero-order valence-corrected chi connectivity index (χ0v) is 15.5. The van der Waals surface area contributed by atoms with Crippen LogP contribution in [0, 0.1) is 0 Å². The van der Waals surface area contributed by atoms with Crippen LogP contribution in [0.15, 0.2) is 65.2 Å². The van der Waals surface area contributed by atoms with E-state index in [9.17, 15) is 9.59 Å². The first-order valence-electron chi connectivity index (χ1n) is 9.23.